The molecule has 0 unspecified atom stereocenters. The maximum absolute atomic E-state index is 11.7. The largest absolute Gasteiger partial charge is 0.384 e. The van der Waals surface area contributed by atoms with Gasteiger partial charge < -0.3 is 5.32 Å². The molecule has 1 aromatic rings. The molecule has 0 amide bonds. The van der Waals surface area contributed by atoms with E-state index >= 15 is 0 Å². The molecule has 0 saturated heterocycles. The first-order valence-corrected chi connectivity index (χ1v) is 9.65. The Morgan fingerprint density at radius 3 is 2.10 bits per heavy atom. The fourth-order valence-electron chi connectivity index (χ4n) is 1.52. The molecule has 6 nitrogen and oxygen atoms in total. The minimum atomic E-state index is -3.45. The molecule has 0 fully saturated rings. The number of benzene rings is 1. The van der Waals surface area contributed by atoms with E-state index in [9.17, 15) is 16.8 Å². The van der Waals surface area contributed by atoms with Crippen molar-refractivity contribution in [2.24, 2.45) is 0 Å². The second kappa shape index (κ2) is 7.05. The predicted molar refractivity (Wildman–Crippen MR) is 80.1 cm³/mol. The first-order chi connectivity index (χ1) is 9.30. The summed E-state index contributed by atoms with van der Waals surface area (Å²) in [5, 5.41) is 2.95. The van der Waals surface area contributed by atoms with Crippen LogP contribution >= 0.6 is 0 Å². The van der Waals surface area contributed by atoms with Crippen LogP contribution in [-0.2, 0) is 19.9 Å². The summed E-state index contributed by atoms with van der Waals surface area (Å²) in [6.07, 6.45) is 0. The van der Waals surface area contributed by atoms with Crippen molar-refractivity contribution in [2.75, 3.05) is 29.9 Å². The molecule has 0 aromatic heterocycles. The first-order valence-electron chi connectivity index (χ1n) is 6.34. The summed E-state index contributed by atoms with van der Waals surface area (Å²) in [5.74, 6) is 0.176. The second-order valence-corrected chi connectivity index (χ2v) is 8.43. The maximum Gasteiger partial charge on any atom is 0.240 e. The van der Waals surface area contributed by atoms with Crippen LogP contribution in [0.15, 0.2) is 29.2 Å². The fraction of sp³-hybridized carbons (Fsp3) is 0.500. The van der Waals surface area contributed by atoms with Gasteiger partial charge in [0.1, 0.15) is 0 Å². The molecule has 0 aliphatic carbocycles. The van der Waals surface area contributed by atoms with Crippen molar-refractivity contribution >= 4 is 25.5 Å². The minimum absolute atomic E-state index is 0.0565. The lowest BCUT2D eigenvalue weighted by atomic mass is 10.3. The molecule has 0 atom stereocenters. The van der Waals surface area contributed by atoms with E-state index in [-0.39, 0.29) is 16.4 Å². The number of hydrogen-bond donors (Lipinski definition) is 2. The molecule has 114 valence electrons. The van der Waals surface area contributed by atoms with Crippen molar-refractivity contribution in [1.82, 2.24) is 4.72 Å². The number of sulfone groups is 1. The normalized spacial score (nSPS) is 12.3. The zero-order valence-electron chi connectivity index (χ0n) is 11.6. The number of anilines is 1. The summed E-state index contributed by atoms with van der Waals surface area (Å²) in [6, 6.07) is 6.19. The van der Waals surface area contributed by atoms with Gasteiger partial charge in [-0.3, -0.25) is 0 Å². The molecule has 0 saturated carbocycles. The topological polar surface area (TPSA) is 92.3 Å². The molecule has 1 rings (SSSR count). The van der Waals surface area contributed by atoms with Crippen molar-refractivity contribution in [3.05, 3.63) is 24.3 Å². The minimum Gasteiger partial charge on any atom is -0.384 e. The van der Waals surface area contributed by atoms with Crippen molar-refractivity contribution in [3.63, 3.8) is 0 Å². The lowest BCUT2D eigenvalue weighted by Gasteiger charge is -2.08. The molecule has 8 heteroatoms. The molecule has 0 radical (unpaired) electrons. The van der Waals surface area contributed by atoms with Gasteiger partial charge in [-0.2, -0.15) is 0 Å². The zero-order valence-corrected chi connectivity index (χ0v) is 13.2. The average Bonchev–Trinajstić information content (AvgIpc) is 2.39. The van der Waals surface area contributed by atoms with E-state index in [4.69, 9.17) is 0 Å². The van der Waals surface area contributed by atoms with Crippen LogP contribution in [-0.4, -0.2) is 41.4 Å². The van der Waals surface area contributed by atoms with Crippen LogP contribution in [0.25, 0.3) is 0 Å². The summed E-state index contributed by atoms with van der Waals surface area (Å²) in [7, 11) is -6.45. The van der Waals surface area contributed by atoms with Gasteiger partial charge in [0.25, 0.3) is 0 Å². The maximum atomic E-state index is 11.7. The molecule has 0 aliphatic rings. The Kier molecular flexibility index (Phi) is 5.97. The molecular formula is C12H20N2O4S2. The van der Waals surface area contributed by atoms with Crippen molar-refractivity contribution in [2.45, 2.75) is 18.7 Å². The SMILES string of the molecule is CCNS(=O)(=O)c1ccc(NCCS(=O)(=O)CC)cc1. The van der Waals surface area contributed by atoms with Crippen LogP contribution < -0.4 is 10.0 Å². The second-order valence-electron chi connectivity index (χ2n) is 4.19. The summed E-state index contributed by atoms with van der Waals surface area (Å²) in [6.45, 7) is 3.95. The van der Waals surface area contributed by atoms with Crippen LogP contribution in [0.5, 0.6) is 0 Å². The van der Waals surface area contributed by atoms with Crippen LogP contribution in [0.1, 0.15) is 13.8 Å². The van der Waals surface area contributed by atoms with Crippen molar-refractivity contribution in [3.8, 4) is 0 Å². The van der Waals surface area contributed by atoms with Crippen molar-refractivity contribution < 1.29 is 16.8 Å². The van der Waals surface area contributed by atoms with Gasteiger partial charge >= 0.3 is 0 Å². The molecule has 0 heterocycles. The monoisotopic (exact) mass is 320 g/mol. The van der Waals surface area contributed by atoms with Gasteiger partial charge in [-0.15, -0.1) is 0 Å². The quantitative estimate of drug-likeness (QED) is 0.740. The molecule has 0 aliphatic heterocycles. The van der Waals surface area contributed by atoms with E-state index in [1.807, 2.05) is 0 Å². The van der Waals surface area contributed by atoms with Gasteiger partial charge in [0.05, 0.1) is 10.6 Å². The highest BCUT2D eigenvalue weighted by Gasteiger charge is 2.12. The van der Waals surface area contributed by atoms with Gasteiger partial charge in [0.15, 0.2) is 9.84 Å². The Balaban J connectivity index is 2.64. The lowest BCUT2D eigenvalue weighted by Crippen LogP contribution is -2.23. The number of hydrogen-bond acceptors (Lipinski definition) is 5. The predicted octanol–water partition coefficient (Wildman–Crippen LogP) is 0.831. The van der Waals surface area contributed by atoms with E-state index in [0.717, 1.165) is 0 Å². The summed E-state index contributed by atoms with van der Waals surface area (Å²) >= 11 is 0. The highest BCUT2D eigenvalue weighted by molar-refractivity contribution is 7.91. The van der Waals surface area contributed by atoms with Crippen LogP contribution in [0.2, 0.25) is 0 Å². The molecular weight excluding hydrogens is 300 g/mol. The lowest BCUT2D eigenvalue weighted by molar-refractivity contribution is 0.584. The van der Waals surface area contributed by atoms with Crippen molar-refractivity contribution in [1.29, 1.82) is 0 Å². The summed E-state index contributed by atoms with van der Waals surface area (Å²) in [5.41, 5.74) is 0.687. The highest BCUT2D eigenvalue weighted by atomic mass is 32.2. The molecule has 20 heavy (non-hydrogen) atoms. The molecule has 2 N–H and O–H groups in total. The molecule has 0 bridgehead atoms. The first kappa shape index (κ1) is 16.9. The standard InChI is InChI=1S/C12H20N2O4S2/c1-3-14-20(17,18)12-7-5-11(6-8-12)13-9-10-19(15,16)4-2/h5-8,13-14H,3-4,9-10H2,1-2H3. The molecule has 0 spiro atoms. The molecule has 1 aromatic carbocycles. The Hall–Kier alpha value is -1.12. The summed E-state index contributed by atoms with van der Waals surface area (Å²) in [4.78, 5) is 0.186. The Morgan fingerprint density at radius 1 is 1.00 bits per heavy atom. The third kappa shape index (κ3) is 5.10. The fourth-order valence-corrected chi connectivity index (χ4v) is 3.26. The van der Waals surface area contributed by atoms with E-state index in [2.05, 4.69) is 10.0 Å². The third-order valence-electron chi connectivity index (χ3n) is 2.68. The number of rotatable bonds is 8. The van der Waals surface area contributed by atoms with E-state index in [1.165, 1.54) is 12.1 Å². The van der Waals surface area contributed by atoms with Crippen LogP contribution in [0, 0.1) is 0 Å². The van der Waals surface area contributed by atoms with Crippen LogP contribution in [0.4, 0.5) is 5.69 Å². The Bertz CT molecular complexity index is 622. The smallest absolute Gasteiger partial charge is 0.240 e. The van der Waals surface area contributed by atoms with E-state index in [1.54, 1.807) is 26.0 Å². The summed E-state index contributed by atoms with van der Waals surface area (Å²) < 4.78 is 48.5. The number of nitrogens with one attached hydrogen (secondary N) is 2. The number of sulfonamides is 1. The zero-order chi connectivity index (χ0) is 15.2. The average molecular weight is 320 g/mol. The Morgan fingerprint density at radius 2 is 1.60 bits per heavy atom. The van der Waals surface area contributed by atoms with Gasteiger partial charge in [-0.25, -0.2) is 21.6 Å². The Labute approximate surface area is 120 Å². The third-order valence-corrected chi connectivity index (χ3v) is 5.95. The highest BCUT2D eigenvalue weighted by Crippen LogP contribution is 2.13. The van der Waals surface area contributed by atoms with Gasteiger partial charge in [0.2, 0.25) is 10.0 Å². The van der Waals surface area contributed by atoms with Gasteiger partial charge in [-0.05, 0) is 24.3 Å². The van der Waals surface area contributed by atoms with E-state index in [0.29, 0.717) is 18.8 Å². The van der Waals surface area contributed by atoms with Crippen LogP contribution in [0.3, 0.4) is 0 Å². The van der Waals surface area contributed by atoms with Gasteiger partial charge in [-0.1, -0.05) is 13.8 Å². The van der Waals surface area contributed by atoms with Gasteiger partial charge in [0, 0.05) is 24.5 Å². The van der Waals surface area contributed by atoms with E-state index < -0.39 is 19.9 Å².